The van der Waals surface area contributed by atoms with E-state index < -0.39 is 0 Å². The van der Waals surface area contributed by atoms with Gasteiger partial charge in [0.15, 0.2) is 11.6 Å². The Bertz CT molecular complexity index is 896. The molecule has 0 saturated carbocycles. The normalized spacial score (nSPS) is 17.8. The summed E-state index contributed by atoms with van der Waals surface area (Å²) in [6.45, 7) is 1.79. The average molecular weight is 366 g/mol. The highest BCUT2D eigenvalue weighted by Gasteiger charge is 2.25. The van der Waals surface area contributed by atoms with Crippen molar-refractivity contribution < 1.29 is 9.13 Å². The number of ether oxygens (including phenoxy) is 1. The summed E-state index contributed by atoms with van der Waals surface area (Å²) in [4.78, 5) is 6.75. The number of aromatic nitrogens is 3. The smallest absolute Gasteiger partial charge is 0.165 e. The van der Waals surface area contributed by atoms with Crippen molar-refractivity contribution in [3.63, 3.8) is 0 Å². The number of nitrogens with one attached hydrogen (secondary N) is 1. The van der Waals surface area contributed by atoms with Crippen molar-refractivity contribution in [2.75, 3.05) is 13.7 Å². The molecule has 1 fully saturated rings. The molecule has 1 aromatic carbocycles. The Morgan fingerprint density at radius 3 is 2.96 bits per heavy atom. The molecule has 0 radical (unpaired) electrons. The summed E-state index contributed by atoms with van der Waals surface area (Å²) in [5.41, 5.74) is 3.94. The zero-order valence-electron chi connectivity index (χ0n) is 15.4. The van der Waals surface area contributed by atoms with Crippen molar-refractivity contribution in [3.05, 3.63) is 65.9 Å². The third-order valence-corrected chi connectivity index (χ3v) is 5.21. The Morgan fingerprint density at radius 2 is 2.19 bits per heavy atom. The summed E-state index contributed by atoms with van der Waals surface area (Å²) >= 11 is 0. The minimum atomic E-state index is -0.373. The maximum absolute atomic E-state index is 14.1. The predicted octanol–water partition coefficient (Wildman–Crippen LogP) is 4.35. The van der Waals surface area contributed by atoms with E-state index in [9.17, 15) is 4.39 Å². The third-order valence-electron chi connectivity index (χ3n) is 5.21. The maximum atomic E-state index is 14.1. The molecule has 1 N–H and O–H groups in total. The number of rotatable bonds is 5. The number of likely N-dealkylation sites (tertiary alicyclic amines) is 1. The van der Waals surface area contributed by atoms with E-state index >= 15 is 0 Å². The average Bonchev–Trinajstić information content (AvgIpc) is 3.17. The highest BCUT2D eigenvalue weighted by Crippen LogP contribution is 2.33. The Balaban J connectivity index is 1.60. The van der Waals surface area contributed by atoms with Crippen LogP contribution in [0.3, 0.4) is 0 Å². The Labute approximate surface area is 158 Å². The Kier molecular flexibility index (Phi) is 5.16. The Hall–Kier alpha value is -2.73. The van der Waals surface area contributed by atoms with Crippen molar-refractivity contribution in [3.8, 4) is 17.0 Å². The zero-order valence-corrected chi connectivity index (χ0v) is 15.4. The molecule has 1 atom stereocenters. The number of aromatic amines is 1. The van der Waals surface area contributed by atoms with Gasteiger partial charge >= 0.3 is 0 Å². The topological polar surface area (TPSA) is 54.0 Å². The number of hydrogen-bond acceptors (Lipinski definition) is 4. The van der Waals surface area contributed by atoms with Gasteiger partial charge in [-0.2, -0.15) is 5.10 Å². The first-order valence-corrected chi connectivity index (χ1v) is 9.26. The van der Waals surface area contributed by atoms with Gasteiger partial charge in [-0.1, -0.05) is 12.5 Å². The molecule has 4 rings (SSSR count). The highest BCUT2D eigenvalue weighted by atomic mass is 19.1. The van der Waals surface area contributed by atoms with Crippen LogP contribution in [-0.2, 0) is 6.54 Å². The number of hydrogen-bond donors (Lipinski definition) is 1. The molecule has 0 amide bonds. The molecule has 6 heteroatoms. The molecule has 1 aliphatic heterocycles. The molecular weight excluding hydrogens is 343 g/mol. The van der Waals surface area contributed by atoms with E-state index in [4.69, 9.17) is 4.74 Å². The van der Waals surface area contributed by atoms with Gasteiger partial charge in [0.25, 0.3) is 0 Å². The first-order chi connectivity index (χ1) is 13.3. The van der Waals surface area contributed by atoms with Crippen molar-refractivity contribution in [2.24, 2.45) is 0 Å². The predicted molar refractivity (Wildman–Crippen MR) is 102 cm³/mol. The van der Waals surface area contributed by atoms with Crippen LogP contribution in [0, 0.1) is 5.82 Å². The zero-order chi connectivity index (χ0) is 18.6. The first-order valence-electron chi connectivity index (χ1n) is 9.26. The van der Waals surface area contributed by atoms with E-state index in [1.54, 1.807) is 6.07 Å². The summed E-state index contributed by atoms with van der Waals surface area (Å²) in [7, 11) is 1.47. The number of methoxy groups -OCH3 is 1. The van der Waals surface area contributed by atoms with E-state index in [0.29, 0.717) is 6.04 Å². The lowest BCUT2D eigenvalue weighted by Gasteiger charge is -2.35. The number of piperidine rings is 1. The SMILES string of the molecule is COc1ccc(-c2[nH]ncc2CN2CCCCC2c2cccnc2)cc1F. The molecule has 1 saturated heterocycles. The Morgan fingerprint density at radius 1 is 1.26 bits per heavy atom. The van der Waals surface area contributed by atoms with Crippen LogP contribution in [0.4, 0.5) is 4.39 Å². The lowest BCUT2D eigenvalue weighted by molar-refractivity contribution is 0.140. The standard InChI is InChI=1S/C21H23FN4O/c1-27-20-8-7-15(11-18(20)22)21-17(13-24-25-21)14-26-10-3-2-6-19(26)16-5-4-9-23-12-16/h4-5,7-9,11-13,19H,2-3,6,10,14H2,1H3,(H,24,25). The van der Waals surface area contributed by atoms with Gasteiger partial charge in [0.05, 0.1) is 19.0 Å². The monoisotopic (exact) mass is 366 g/mol. The fraction of sp³-hybridized carbons (Fsp3) is 0.333. The molecule has 3 heterocycles. The quantitative estimate of drug-likeness (QED) is 0.729. The van der Waals surface area contributed by atoms with E-state index in [0.717, 1.165) is 36.3 Å². The molecule has 0 spiro atoms. The van der Waals surface area contributed by atoms with Gasteiger partial charge in [-0.15, -0.1) is 0 Å². The van der Waals surface area contributed by atoms with Gasteiger partial charge in [0, 0.05) is 36.1 Å². The van der Waals surface area contributed by atoms with E-state index in [1.165, 1.54) is 31.6 Å². The van der Waals surface area contributed by atoms with Crippen LogP contribution in [0.25, 0.3) is 11.3 Å². The molecule has 1 aliphatic rings. The van der Waals surface area contributed by atoms with Gasteiger partial charge in [0.2, 0.25) is 0 Å². The van der Waals surface area contributed by atoms with Crippen molar-refractivity contribution in [1.82, 2.24) is 20.1 Å². The molecule has 140 valence electrons. The second-order valence-electron chi connectivity index (χ2n) is 6.89. The highest BCUT2D eigenvalue weighted by molar-refractivity contribution is 5.63. The number of halogens is 1. The maximum Gasteiger partial charge on any atom is 0.165 e. The molecule has 27 heavy (non-hydrogen) atoms. The van der Waals surface area contributed by atoms with Gasteiger partial charge in [-0.05, 0) is 49.2 Å². The molecule has 0 bridgehead atoms. The third kappa shape index (κ3) is 3.71. The number of nitrogens with zero attached hydrogens (tertiary/aromatic N) is 3. The molecule has 1 unspecified atom stereocenters. The van der Waals surface area contributed by atoms with Gasteiger partial charge < -0.3 is 4.74 Å². The number of pyridine rings is 1. The van der Waals surface area contributed by atoms with Crippen molar-refractivity contribution >= 4 is 0 Å². The van der Waals surface area contributed by atoms with Crippen LogP contribution < -0.4 is 4.74 Å². The molecular formula is C21H23FN4O. The fourth-order valence-electron chi connectivity index (χ4n) is 3.85. The molecule has 0 aliphatic carbocycles. The van der Waals surface area contributed by atoms with Crippen LogP contribution in [0.15, 0.2) is 48.9 Å². The summed E-state index contributed by atoms with van der Waals surface area (Å²) in [6.07, 6.45) is 9.13. The lowest BCUT2D eigenvalue weighted by atomic mass is 9.95. The van der Waals surface area contributed by atoms with E-state index in [1.807, 2.05) is 30.7 Å². The largest absolute Gasteiger partial charge is 0.494 e. The van der Waals surface area contributed by atoms with Gasteiger partial charge in [-0.25, -0.2) is 4.39 Å². The molecule has 3 aromatic rings. The lowest BCUT2D eigenvalue weighted by Crippen LogP contribution is -2.33. The first kappa shape index (κ1) is 17.7. The van der Waals surface area contributed by atoms with Crippen LogP contribution in [0.5, 0.6) is 5.75 Å². The fourth-order valence-corrected chi connectivity index (χ4v) is 3.85. The second-order valence-corrected chi connectivity index (χ2v) is 6.89. The molecule has 5 nitrogen and oxygen atoms in total. The van der Waals surface area contributed by atoms with Gasteiger partial charge in [0.1, 0.15) is 0 Å². The number of benzene rings is 1. The summed E-state index contributed by atoms with van der Waals surface area (Å²) in [6, 6.07) is 9.48. The summed E-state index contributed by atoms with van der Waals surface area (Å²) in [5.74, 6) is -0.130. The number of H-pyrrole nitrogens is 1. The summed E-state index contributed by atoms with van der Waals surface area (Å²) < 4.78 is 19.2. The van der Waals surface area contributed by atoms with Crippen LogP contribution in [0.1, 0.15) is 36.4 Å². The second kappa shape index (κ2) is 7.88. The van der Waals surface area contributed by atoms with Gasteiger partial charge in [-0.3, -0.25) is 15.0 Å². The summed E-state index contributed by atoms with van der Waals surface area (Å²) in [5, 5.41) is 7.25. The van der Waals surface area contributed by atoms with Crippen LogP contribution in [-0.4, -0.2) is 33.7 Å². The van der Waals surface area contributed by atoms with Crippen LogP contribution >= 0.6 is 0 Å². The van der Waals surface area contributed by atoms with Crippen LogP contribution in [0.2, 0.25) is 0 Å². The van der Waals surface area contributed by atoms with Crippen molar-refractivity contribution in [1.29, 1.82) is 0 Å². The minimum absolute atomic E-state index is 0.243. The molecule has 2 aromatic heterocycles. The van der Waals surface area contributed by atoms with Crippen molar-refractivity contribution in [2.45, 2.75) is 31.8 Å². The minimum Gasteiger partial charge on any atom is -0.494 e. The van der Waals surface area contributed by atoms with E-state index in [-0.39, 0.29) is 11.6 Å². The van der Waals surface area contributed by atoms with E-state index in [2.05, 4.69) is 26.1 Å².